The van der Waals surface area contributed by atoms with Gasteiger partial charge in [0.05, 0.1) is 17.1 Å². The lowest BCUT2D eigenvalue weighted by molar-refractivity contribution is -0.137. The molecule has 1 heterocycles. The summed E-state index contributed by atoms with van der Waals surface area (Å²) in [7, 11) is -4.54. The van der Waals surface area contributed by atoms with Gasteiger partial charge in [-0.3, -0.25) is 9.78 Å². The maximum absolute atomic E-state index is 12.9. The highest BCUT2D eigenvalue weighted by Crippen LogP contribution is 2.32. The van der Waals surface area contributed by atoms with Crippen LogP contribution in [0, 0.1) is 5.92 Å². The lowest BCUT2D eigenvalue weighted by Gasteiger charge is -2.14. The number of benzene rings is 1. The molecule has 1 saturated carbocycles. The van der Waals surface area contributed by atoms with E-state index in [1.165, 1.54) is 10.8 Å². The Hall–Kier alpha value is -2.67. The van der Waals surface area contributed by atoms with Gasteiger partial charge in [0.25, 0.3) is 0 Å². The minimum absolute atomic E-state index is 0.0903. The van der Waals surface area contributed by atoms with Crippen molar-refractivity contribution in [2.24, 2.45) is 5.92 Å². The number of Topliss-reactive ketones (excluding diaryl/α,β-unsaturated/α-hetero) is 1. The Bertz CT molecular complexity index is 1140. The van der Waals surface area contributed by atoms with Crippen LogP contribution in [0.25, 0.3) is 0 Å². The Morgan fingerprint density at radius 1 is 1.06 bits per heavy atom. The van der Waals surface area contributed by atoms with E-state index in [1.54, 1.807) is 0 Å². The number of carbonyl (C=O) groups is 1. The van der Waals surface area contributed by atoms with E-state index in [0.717, 1.165) is 43.3 Å². The summed E-state index contributed by atoms with van der Waals surface area (Å²) in [4.78, 5) is 15.8. The number of hydrogen-bond donors (Lipinski definition) is 1. The van der Waals surface area contributed by atoms with E-state index in [4.69, 9.17) is 4.74 Å². The number of nitrogens with one attached hydrogen (secondary N) is 1. The summed E-state index contributed by atoms with van der Waals surface area (Å²) in [5, 5.41) is 0. The van der Waals surface area contributed by atoms with Gasteiger partial charge in [-0.25, -0.2) is 13.1 Å². The smallest absolute Gasteiger partial charge is 0.416 e. The Morgan fingerprint density at radius 2 is 1.76 bits per heavy atom. The summed E-state index contributed by atoms with van der Waals surface area (Å²) in [6.45, 7) is -1.46. The molecule has 0 saturated heterocycles. The molecule has 13 heteroatoms. The van der Waals surface area contributed by atoms with E-state index in [1.807, 2.05) is 0 Å². The molecule has 6 nitrogen and oxygen atoms in total. The van der Waals surface area contributed by atoms with Gasteiger partial charge < -0.3 is 4.74 Å². The van der Waals surface area contributed by atoms with Gasteiger partial charge in [-0.15, -0.1) is 0 Å². The summed E-state index contributed by atoms with van der Waals surface area (Å²) < 4.78 is 108. The number of ether oxygens (including phenoxy) is 1. The van der Waals surface area contributed by atoms with Crippen molar-refractivity contribution in [2.75, 3.05) is 13.2 Å². The van der Waals surface area contributed by atoms with Crippen molar-refractivity contribution < 1.29 is 44.3 Å². The van der Waals surface area contributed by atoms with Crippen LogP contribution in [0.2, 0.25) is 0 Å². The zero-order valence-electron chi connectivity index (χ0n) is 17.5. The molecule has 2 aromatic rings. The molecule has 1 aromatic heterocycles. The van der Waals surface area contributed by atoms with Crippen LogP contribution in [0.3, 0.4) is 0 Å². The molecule has 1 aromatic carbocycles. The van der Waals surface area contributed by atoms with E-state index < -0.39 is 58.0 Å². The SMILES string of the molecule is O=C(Cc1cc(C(F)(F)F)ccn1)Cc1cc(S(=O)(=O)NCC(F)(F)F)ccc1OCC1CC1. The highest BCUT2D eigenvalue weighted by molar-refractivity contribution is 7.89. The summed E-state index contributed by atoms with van der Waals surface area (Å²) in [6.07, 6.45) is -7.44. The van der Waals surface area contributed by atoms with Crippen LogP contribution in [0.1, 0.15) is 29.7 Å². The molecule has 34 heavy (non-hydrogen) atoms. The molecule has 0 radical (unpaired) electrons. The van der Waals surface area contributed by atoms with Crippen molar-refractivity contribution in [3.63, 3.8) is 0 Å². The van der Waals surface area contributed by atoms with Crippen molar-refractivity contribution >= 4 is 15.8 Å². The lowest BCUT2D eigenvalue weighted by atomic mass is 10.0. The predicted molar refractivity (Wildman–Crippen MR) is 108 cm³/mol. The summed E-state index contributed by atoms with van der Waals surface area (Å²) in [5.41, 5.74) is -1.01. The van der Waals surface area contributed by atoms with Crippen LogP contribution in [-0.4, -0.2) is 38.5 Å². The summed E-state index contributed by atoms with van der Waals surface area (Å²) >= 11 is 0. The second kappa shape index (κ2) is 9.90. The standard InChI is InChI=1S/C21H20F6N2O4S/c22-20(23,24)12-29-34(31,32)18-3-4-19(33-11-13-1-2-13)14(8-18)7-17(30)10-16-9-15(5-6-28-16)21(25,26)27/h3-6,8-9,13,29H,1-2,7,10-12H2. The van der Waals surface area contributed by atoms with Gasteiger partial charge in [0, 0.05) is 30.3 Å². The third kappa shape index (κ3) is 7.69. The number of ketones is 1. The van der Waals surface area contributed by atoms with Gasteiger partial charge in [-0.05, 0) is 49.1 Å². The number of alkyl halides is 6. The van der Waals surface area contributed by atoms with Gasteiger partial charge in [0.2, 0.25) is 10.0 Å². The van der Waals surface area contributed by atoms with Gasteiger partial charge in [0.1, 0.15) is 18.1 Å². The number of carbonyl (C=O) groups excluding carboxylic acids is 1. The minimum atomic E-state index is -4.77. The molecule has 1 aliphatic carbocycles. The Kier molecular flexibility index (Phi) is 7.56. The normalized spacial score (nSPS) is 14.8. The fourth-order valence-corrected chi connectivity index (χ4v) is 4.05. The minimum Gasteiger partial charge on any atom is -0.493 e. The predicted octanol–water partition coefficient (Wildman–Crippen LogP) is 4.08. The highest BCUT2D eigenvalue weighted by Gasteiger charge is 2.32. The van der Waals surface area contributed by atoms with Crippen LogP contribution < -0.4 is 9.46 Å². The number of aromatic nitrogens is 1. The van der Waals surface area contributed by atoms with Crippen LogP contribution in [0.15, 0.2) is 41.4 Å². The van der Waals surface area contributed by atoms with Crippen molar-refractivity contribution in [1.82, 2.24) is 9.71 Å². The van der Waals surface area contributed by atoms with E-state index in [-0.39, 0.29) is 17.0 Å². The molecule has 1 aliphatic rings. The Labute approximate surface area is 191 Å². The lowest BCUT2D eigenvalue weighted by Crippen LogP contribution is -2.33. The van der Waals surface area contributed by atoms with Gasteiger partial charge in [0.15, 0.2) is 0 Å². The van der Waals surface area contributed by atoms with Crippen LogP contribution in [0.5, 0.6) is 5.75 Å². The topological polar surface area (TPSA) is 85.4 Å². The zero-order valence-corrected chi connectivity index (χ0v) is 18.4. The molecule has 0 unspecified atom stereocenters. The number of pyridine rings is 1. The van der Waals surface area contributed by atoms with Gasteiger partial charge >= 0.3 is 12.4 Å². The van der Waals surface area contributed by atoms with Crippen molar-refractivity contribution in [3.05, 3.63) is 53.3 Å². The number of rotatable bonds is 10. The van der Waals surface area contributed by atoms with Crippen LogP contribution in [-0.2, 0) is 33.8 Å². The quantitative estimate of drug-likeness (QED) is 0.487. The molecular formula is C21H20F6N2O4S. The fraction of sp³-hybridized carbons (Fsp3) is 0.429. The molecule has 1 N–H and O–H groups in total. The van der Waals surface area contributed by atoms with Crippen LogP contribution >= 0.6 is 0 Å². The van der Waals surface area contributed by atoms with Gasteiger partial charge in [-0.1, -0.05) is 0 Å². The second-order valence-corrected chi connectivity index (χ2v) is 9.66. The van der Waals surface area contributed by atoms with Crippen molar-refractivity contribution in [3.8, 4) is 5.75 Å². The first-order valence-corrected chi connectivity index (χ1v) is 11.6. The first kappa shape index (κ1) is 25.9. The van der Waals surface area contributed by atoms with Gasteiger partial charge in [-0.2, -0.15) is 26.3 Å². The molecule has 0 atom stereocenters. The molecule has 186 valence electrons. The van der Waals surface area contributed by atoms with E-state index in [2.05, 4.69) is 4.98 Å². The largest absolute Gasteiger partial charge is 0.493 e. The Morgan fingerprint density at radius 3 is 2.38 bits per heavy atom. The number of nitrogens with zero attached hydrogens (tertiary/aromatic N) is 1. The van der Waals surface area contributed by atoms with Crippen LogP contribution in [0.4, 0.5) is 26.3 Å². The van der Waals surface area contributed by atoms with E-state index in [9.17, 15) is 39.6 Å². The number of sulfonamides is 1. The summed E-state index contributed by atoms with van der Waals surface area (Å²) in [6, 6.07) is 4.84. The average Bonchev–Trinajstić information content (AvgIpc) is 3.55. The molecule has 1 fully saturated rings. The molecule has 3 rings (SSSR count). The van der Waals surface area contributed by atoms with E-state index >= 15 is 0 Å². The monoisotopic (exact) mass is 510 g/mol. The highest BCUT2D eigenvalue weighted by atomic mass is 32.2. The maximum Gasteiger partial charge on any atom is 0.416 e. The van der Waals surface area contributed by atoms with Crippen molar-refractivity contribution in [1.29, 1.82) is 0 Å². The third-order valence-electron chi connectivity index (χ3n) is 4.89. The fourth-order valence-electron chi connectivity index (χ4n) is 2.98. The molecule has 0 spiro atoms. The maximum atomic E-state index is 12.9. The average molecular weight is 510 g/mol. The molecule has 0 amide bonds. The number of hydrogen-bond acceptors (Lipinski definition) is 5. The van der Waals surface area contributed by atoms with E-state index in [0.29, 0.717) is 12.5 Å². The first-order valence-electron chi connectivity index (χ1n) is 10.1. The zero-order chi connectivity index (χ0) is 25.1. The molecule has 0 bridgehead atoms. The number of halogens is 6. The molecule has 0 aliphatic heterocycles. The van der Waals surface area contributed by atoms with Crippen molar-refractivity contribution in [2.45, 2.75) is 42.9 Å². The Balaban J connectivity index is 1.81. The third-order valence-corrected chi connectivity index (χ3v) is 6.29. The second-order valence-electron chi connectivity index (χ2n) is 7.89. The molecular weight excluding hydrogens is 490 g/mol. The first-order chi connectivity index (χ1) is 15.7. The summed E-state index contributed by atoms with van der Waals surface area (Å²) in [5.74, 6) is -0.0948.